The molecule has 2 amide bonds. The molecular weight excluding hydrogens is 354 g/mol. The lowest BCUT2D eigenvalue weighted by atomic mass is 10.2. The van der Waals surface area contributed by atoms with E-state index in [1.54, 1.807) is 6.92 Å². The summed E-state index contributed by atoms with van der Waals surface area (Å²) in [5, 5.41) is 5.01. The Labute approximate surface area is 152 Å². The van der Waals surface area contributed by atoms with Crippen molar-refractivity contribution < 1.29 is 18.0 Å². The van der Waals surface area contributed by atoms with Gasteiger partial charge in [0.05, 0.1) is 11.4 Å². The summed E-state index contributed by atoms with van der Waals surface area (Å²) in [6.07, 6.45) is 0. The van der Waals surface area contributed by atoms with E-state index in [-0.39, 0.29) is 29.5 Å². The van der Waals surface area contributed by atoms with Crippen LogP contribution in [-0.4, -0.2) is 33.3 Å². The van der Waals surface area contributed by atoms with Crippen molar-refractivity contribution in [1.82, 2.24) is 15.4 Å². The van der Waals surface area contributed by atoms with Crippen LogP contribution in [0.4, 0.5) is 0 Å². The summed E-state index contributed by atoms with van der Waals surface area (Å²) in [5.41, 5.74) is 0.990. The number of nitrogens with one attached hydrogen (secondary N) is 3. The zero-order chi connectivity index (χ0) is 19.0. The Kier molecular flexibility index (Phi) is 6.88. The minimum absolute atomic E-state index is 0.0147. The Hall–Kier alpha value is -2.71. The Morgan fingerprint density at radius 1 is 0.962 bits per heavy atom. The molecule has 138 valence electrons. The molecular formula is C18H21N3O4S. The second kappa shape index (κ2) is 9.12. The van der Waals surface area contributed by atoms with Gasteiger partial charge in [0.25, 0.3) is 5.91 Å². The summed E-state index contributed by atoms with van der Waals surface area (Å²) in [6, 6.07) is 14.8. The second-order valence-corrected chi connectivity index (χ2v) is 7.24. The van der Waals surface area contributed by atoms with Gasteiger partial charge < -0.3 is 10.6 Å². The van der Waals surface area contributed by atoms with Crippen molar-refractivity contribution in [1.29, 1.82) is 0 Å². The molecule has 3 N–H and O–H groups in total. The smallest absolute Gasteiger partial charge is 0.251 e. The molecule has 7 nitrogen and oxygen atoms in total. The van der Waals surface area contributed by atoms with Gasteiger partial charge in [-0.15, -0.1) is 0 Å². The second-order valence-electron chi connectivity index (χ2n) is 5.47. The lowest BCUT2D eigenvalue weighted by Gasteiger charge is -2.09. The van der Waals surface area contributed by atoms with E-state index < -0.39 is 15.9 Å². The standard InChI is InChI=1S/C18H21N3O4S/c1-2-19-17(22)13-20-18(23)15-9-6-10-16(11-15)26(24,25)21-12-14-7-4-3-5-8-14/h3-11,21H,2,12-13H2,1H3,(H,19,22)(H,20,23). The first-order valence-corrected chi connectivity index (χ1v) is 9.59. The van der Waals surface area contributed by atoms with Crippen molar-refractivity contribution in [2.75, 3.05) is 13.1 Å². The van der Waals surface area contributed by atoms with Gasteiger partial charge in [0.1, 0.15) is 0 Å². The lowest BCUT2D eigenvalue weighted by molar-refractivity contribution is -0.120. The van der Waals surface area contributed by atoms with E-state index in [1.165, 1.54) is 24.3 Å². The summed E-state index contributed by atoms with van der Waals surface area (Å²) >= 11 is 0. The number of hydrogen-bond acceptors (Lipinski definition) is 4. The molecule has 0 saturated carbocycles. The SMILES string of the molecule is CCNC(=O)CNC(=O)c1cccc(S(=O)(=O)NCc2ccccc2)c1. The molecule has 2 rings (SSSR count). The minimum Gasteiger partial charge on any atom is -0.355 e. The average Bonchev–Trinajstić information content (AvgIpc) is 2.66. The third kappa shape index (κ3) is 5.68. The number of benzene rings is 2. The fraction of sp³-hybridized carbons (Fsp3) is 0.222. The highest BCUT2D eigenvalue weighted by atomic mass is 32.2. The maximum absolute atomic E-state index is 12.4. The molecule has 0 fully saturated rings. The molecule has 0 heterocycles. The van der Waals surface area contributed by atoms with Crippen LogP contribution in [0.25, 0.3) is 0 Å². The van der Waals surface area contributed by atoms with Crippen LogP contribution in [0.2, 0.25) is 0 Å². The first-order valence-electron chi connectivity index (χ1n) is 8.11. The summed E-state index contributed by atoms with van der Waals surface area (Å²) < 4.78 is 27.4. The van der Waals surface area contributed by atoms with E-state index in [1.807, 2.05) is 30.3 Å². The van der Waals surface area contributed by atoms with Crippen LogP contribution in [0.5, 0.6) is 0 Å². The Morgan fingerprint density at radius 2 is 1.69 bits per heavy atom. The summed E-state index contributed by atoms with van der Waals surface area (Å²) in [7, 11) is -3.76. The molecule has 0 aromatic heterocycles. The Bertz CT molecular complexity index is 867. The van der Waals surface area contributed by atoms with E-state index in [4.69, 9.17) is 0 Å². The molecule has 0 aliphatic heterocycles. The molecule has 2 aromatic rings. The third-order valence-electron chi connectivity index (χ3n) is 3.50. The fourth-order valence-corrected chi connectivity index (χ4v) is 3.25. The number of hydrogen-bond donors (Lipinski definition) is 3. The maximum Gasteiger partial charge on any atom is 0.251 e. The predicted octanol–water partition coefficient (Wildman–Crippen LogP) is 1.03. The first kappa shape index (κ1) is 19.6. The van der Waals surface area contributed by atoms with Crippen molar-refractivity contribution in [3.8, 4) is 0 Å². The van der Waals surface area contributed by atoms with Crippen LogP contribution < -0.4 is 15.4 Å². The quantitative estimate of drug-likeness (QED) is 0.641. The number of carbonyl (C=O) groups excluding carboxylic acids is 2. The van der Waals surface area contributed by atoms with Gasteiger partial charge in [-0.1, -0.05) is 36.4 Å². The predicted molar refractivity (Wildman–Crippen MR) is 97.9 cm³/mol. The molecule has 2 aromatic carbocycles. The van der Waals surface area contributed by atoms with Crippen molar-refractivity contribution in [2.24, 2.45) is 0 Å². The highest BCUT2D eigenvalue weighted by Crippen LogP contribution is 2.12. The molecule has 0 saturated heterocycles. The van der Waals surface area contributed by atoms with Gasteiger partial charge in [-0.05, 0) is 30.7 Å². The van der Waals surface area contributed by atoms with Gasteiger partial charge >= 0.3 is 0 Å². The largest absolute Gasteiger partial charge is 0.355 e. The summed E-state index contributed by atoms with van der Waals surface area (Å²) in [4.78, 5) is 23.5. The fourth-order valence-electron chi connectivity index (χ4n) is 2.18. The van der Waals surface area contributed by atoms with Crippen LogP contribution in [0.3, 0.4) is 0 Å². The third-order valence-corrected chi connectivity index (χ3v) is 4.90. The number of sulfonamides is 1. The number of amides is 2. The zero-order valence-electron chi connectivity index (χ0n) is 14.4. The molecule has 0 radical (unpaired) electrons. The number of carbonyl (C=O) groups is 2. The van der Waals surface area contributed by atoms with Gasteiger partial charge in [-0.2, -0.15) is 0 Å². The minimum atomic E-state index is -3.76. The van der Waals surface area contributed by atoms with Crippen LogP contribution in [0, 0.1) is 0 Å². The van der Waals surface area contributed by atoms with Gasteiger partial charge in [-0.3, -0.25) is 9.59 Å². The van der Waals surface area contributed by atoms with Crippen LogP contribution >= 0.6 is 0 Å². The average molecular weight is 375 g/mol. The summed E-state index contributed by atoms with van der Waals surface area (Å²) in [6.45, 7) is 2.22. The van der Waals surface area contributed by atoms with E-state index in [0.717, 1.165) is 5.56 Å². The molecule has 0 unspecified atom stereocenters. The molecule has 0 bridgehead atoms. The maximum atomic E-state index is 12.4. The number of likely N-dealkylation sites (N-methyl/N-ethyl adjacent to an activating group) is 1. The van der Waals surface area contributed by atoms with Gasteiger partial charge in [0.15, 0.2) is 0 Å². The van der Waals surface area contributed by atoms with Gasteiger partial charge in [-0.25, -0.2) is 13.1 Å². The monoisotopic (exact) mass is 375 g/mol. The van der Waals surface area contributed by atoms with E-state index in [9.17, 15) is 18.0 Å². The molecule has 0 atom stereocenters. The normalized spacial score (nSPS) is 11.0. The van der Waals surface area contributed by atoms with Crippen LogP contribution in [-0.2, 0) is 21.4 Å². The highest BCUT2D eigenvalue weighted by Gasteiger charge is 2.16. The molecule has 26 heavy (non-hydrogen) atoms. The van der Waals surface area contributed by atoms with Crippen molar-refractivity contribution in [2.45, 2.75) is 18.4 Å². The Balaban J connectivity index is 2.04. The number of rotatable bonds is 8. The van der Waals surface area contributed by atoms with Gasteiger partial charge in [0, 0.05) is 18.7 Å². The highest BCUT2D eigenvalue weighted by molar-refractivity contribution is 7.89. The van der Waals surface area contributed by atoms with Crippen LogP contribution in [0.15, 0.2) is 59.5 Å². The zero-order valence-corrected chi connectivity index (χ0v) is 15.2. The Morgan fingerprint density at radius 3 is 2.38 bits per heavy atom. The van der Waals surface area contributed by atoms with Crippen LogP contribution in [0.1, 0.15) is 22.8 Å². The van der Waals surface area contributed by atoms with Crippen molar-refractivity contribution in [3.05, 3.63) is 65.7 Å². The topological polar surface area (TPSA) is 104 Å². The molecule has 0 spiro atoms. The van der Waals surface area contributed by atoms with E-state index >= 15 is 0 Å². The molecule has 8 heteroatoms. The first-order chi connectivity index (χ1) is 12.4. The van der Waals surface area contributed by atoms with E-state index in [0.29, 0.717) is 6.54 Å². The summed E-state index contributed by atoms with van der Waals surface area (Å²) in [5.74, 6) is -0.828. The molecule has 0 aliphatic carbocycles. The van der Waals surface area contributed by atoms with E-state index in [2.05, 4.69) is 15.4 Å². The van der Waals surface area contributed by atoms with Crippen molar-refractivity contribution in [3.63, 3.8) is 0 Å². The van der Waals surface area contributed by atoms with Crippen molar-refractivity contribution >= 4 is 21.8 Å². The van der Waals surface area contributed by atoms with Gasteiger partial charge in [0.2, 0.25) is 15.9 Å². The molecule has 0 aliphatic rings. The lowest BCUT2D eigenvalue weighted by Crippen LogP contribution is -2.36.